The van der Waals surface area contributed by atoms with Gasteiger partial charge in [-0.2, -0.15) is 5.10 Å². The van der Waals surface area contributed by atoms with Gasteiger partial charge in [0.15, 0.2) is 5.82 Å². The first kappa shape index (κ1) is 11.3. The normalized spacial score (nSPS) is 10.8. The highest BCUT2D eigenvalue weighted by atomic mass is 32.1. The zero-order valence-electron chi connectivity index (χ0n) is 9.27. The average molecular weight is 237 g/mol. The highest BCUT2D eigenvalue weighted by Gasteiger charge is 2.05. The summed E-state index contributed by atoms with van der Waals surface area (Å²) in [5, 5.41) is 9.18. The van der Waals surface area contributed by atoms with Crippen LogP contribution in [-0.2, 0) is 11.2 Å². The Hall–Kier alpha value is -1.20. The SMILES string of the molecule is CCOCCCc1nc(-c2cccs2)n[nH]1. The number of H-pyrrole nitrogens is 1. The number of nitrogens with one attached hydrogen (secondary N) is 1. The lowest BCUT2D eigenvalue weighted by molar-refractivity contribution is 0.145. The number of rotatable bonds is 6. The van der Waals surface area contributed by atoms with E-state index < -0.39 is 0 Å². The molecule has 0 fully saturated rings. The summed E-state index contributed by atoms with van der Waals surface area (Å²) in [5.41, 5.74) is 0. The lowest BCUT2D eigenvalue weighted by Gasteiger charge is -1.97. The Morgan fingerprint density at radius 1 is 1.50 bits per heavy atom. The van der Waals surface area contributed by atoms with Crippen LogP contribution in [-0.4, -0.2) is 28.4 Å². The first-order chi connectivity index (χ1) is 7.90. The Kier molecular flexibility index (Phi) is 4.07. The van der Waals surface area contributed by atoms with Crippen molar-refractivity contribution in [2.24, 2.45) is 0 Å². The van der Waals surface area contributed by atoms with Crippen LogP contribution < -0.4 is 0 Å². The van der Waals surface area contributed by atoms with Crippen LogP contribution in [0.15, 0.2) is 17.5 Å². The second-order valence-electron chi connectivity index (χ2n) is 3.38. The molecule has 1 N–H and O–H groups in total. The minimum Gasteiger partial charge on any atom is -0.382 e. The van der Waals surface area contributed by atoms with E-state index in [1.54, 1.807) is 11.3 Å². The van der Waals surface area contributed by atoms with E-state index in [0.717, 1.165) is 42.6 Å². The lowest BCUT2D eigenvalue weighted by atomic mass is 10.3. The van der Waals surface area contributed by atoms with Crippen LogP contribution in [0.5, 0.6) is 0 Å². The molecule has 0 aromatic carbocycles. The van der Waals surface area contributed by atoms with Gasteiger partial charge in [0.2, 0.25) is 0 Å². The van der Waals surface area contributed by atoms with Crippen LogP contribution >= 0.6 is 11.3 Å². The molecule has 0 unspecified atom stereocenters. The molecule has 2 aromatic rings. The summed E-state index contributed by atoms with van der Waals surface area (Å²) in [7, 11) is 0. The third-order valence-electron chi connectivity index (χ3n) is 2.18. The van der Waals surface area contributed by atoms with Gasteiger partial charge in [-0.3, -0.25) is 5.10 Å². The number of aromatic nitrogens is 3. The Morgan fingerprint density at radius 2 is 2.44 bits per heavy atom. The molecular formula is C11H15N3OS. The maximum atomic E-state index is 5.27. The summed E-state index contributed by atoms with van der Waals surface area (Å²) < 4.78 is 5.27. The number of ether oxygens (including phenoxy) is 1. The van der Waals surface area contributed by atoms with Crippen molar-refractivity contribution < 1.29 is 4.74 Å². The second kappa shape index (κ2) is 5.77. The molecule has 16 heavy (non-hydrogen) atoms. The van der Waals surface area contributed by atoms with Crippen molar-refractivity contribution >= 4 is 11.3 Å². The van der Waals surface area contributed by atoms with Gasteiger partial charge in [0.05, 0.1) is 4.88 Å². The molecule has 0 saturated heterocycles. The first-order valence-electron chi connectivity index (χ1n) is 5.43. The molecule has 4 nitrogen and oxygen atoms in total. The van der Waals surface area contributed by atoms with Gasteiger partial charge >= 0.3 is 0 Å². The molecule has 0 aliphatic heterocycles. The fraction of sp³-hybridized carbons (Fsp3) is 0.455. The molecule has 0 atom stereocenters. The molecule has 5 heteroatoms. The van der Waals surface area contributed by atoms with Gasteiger partial charge in [-0.1, -0.05) is 6.07 Å². The van der Waals surface area contributed by atoms with Crippen LogP contribution in [0.3, 0.4) is 0 Å². The number of thiophene rings is 1. The molecule has 0 saturated carbocycles. The lowest BCUT2D eigenvalue weighted by Crippen LogP contribution is -1.97. The van der Waals surface area contributed by atoms with E-state index in [0.29, 0.717) is 0 Å². The zero-order valence-corrected chi connectivity index (χ0v) is 10.1. The molecule has 0 bridgehead atoms. The summed E-state index contributed by atoms with van der Waals surface area (Å²) in [6.45, 7) is 3.56. The third kappa shape index (κ3) is 2.90. The molecule has 0 aliphatic rings. The molecule has 0 radical (unpaired) electrons. The molecule has 0 spiro atoms. The van der Waals surface area contributed by atoms with Crippen LogP contribution in [0, 0.1) is 0 Å². The minimum absolute atomic E-state index is 0.775. The van der Waals surface area contributed by atoms with Crippen molar-refractivity contribution in [2.75, 3.05) is 13.2 Å². The monoisotopic (exact) mass is 237 g/mol. The van der Waals surface area contributed by atoms with E-state index in [9.17, 15) is 0 Å². The topological polar surface area (TPSA) is 50.8 Å². The predicted octanol–water partition coefficient (Wildman–Crippen LogP) is 2.50. The van der Waals surface area contributed by atoms with Crippen LogP contribution in [0.2, 0.25) is 0 Å². The van der Waals surface area contributed by atoms with Crippen LogP contribution in [0.1, 0.15) is 19.2 Å². The number of nitrogens with zero attached hydrogens (tertiary/aromatic N) is 2. The predicted molar refractivity (Wildman–Crippen MR) is 64.5 cm³/mol. The van der Waals surface area contributed by atoms with Crippen molar-refractivity contribution in [3.05, 3.63) is 23.3 Å². The Morgan fingerprint density at radius 3 is 3.19 bits per heavy atom. The fourth-order valence-corrected chi connectivity index (χ4v) is 2.07. The van der Waals surface area contributed by atoms with E-state index in [2.05, 4.69) is 15.2 Å². The molecule has 0 aliphatic carbocycles. The van der Waals surface area contributed by atoms with Crippen molar-refractivity contribution in [2.45, 2.75) is 19.8 Å². The maximum Gasteiger partial charge on any atom is 0.191 e. The van der Waals surface area contributed by atoms with E-state index in [1.165, 1.54) is 0 Å². The summed E-state index contributed by atoms with van der Waals surface area (Å²) in [6.07, 6.45) is 1.87. The van der Waals surface area contributed by atoms with Crippen LogP contribution in [0.4, 0.5) is 0 Å². The third-order valence-corrected chi connectivity index (χ3v) is 3.05. The Balaban J connectivity index is 1.88. The second-order valence-corrected chi connectivity index (χ2v) is 4.33. The van der Waals surface area contributed by atoms with Crippen molar-refractivity contribution in [1.82, 2.24) is 15.2 Å². The molecule has 0 amide bonds. The quantitative estimate of drug-likeness (QED) is 0.785. The van der Waals surface area contributed by atoms with Gasteiger partial charge in [-0.05, 0) is 24.8 Å². The summed E-state index contributed by atoms with van der Waals surface area (Å²) in [4.78, 5) is 5.54. The molecule has 86 valence electrons. The van der Waals surface area contributed by atoms with E-state index >= 15 is 0 Å². The number of aryl methyl sites for hydroxylation is 1. The largest absolute Gasteiger partial charge is 0.382 e. The molecule has 2 aromatic heterocycles. The first-order valence-corrected chi connectivity index (χ1v) is 6.31. The van der Waals surface area contributed by atoms with Crippen molar-refractivity contribution in [3.8, 4) is 10.7 Å². The summed E-state index contributed by atoms with van der Waals surface area (Å²) in [6, 6.07) is 4.03. The zero-order chi connectivity index (χ0) is 11.2. The average Bonchev–Trinajstić information content (AvgIpc) is 2.94. The Bertz CT molecular complexity index is 411. The number of aromatic amines is 1. The van der Waals surface area contributed by atoms with Crippen molar-refractivity contribution in [1.29, 1.82) is 0 Å². The smallest absolute Gasteiger partial charge is 0.191 e. The highest BCUT2D eigenvalue weighted by Crippen LogP contribution is 2.20. The standard InChI is InChI=1S/C11H15N3OS/c1-2-15-7-3-6-10-12-11(14-13-10)9-5-4-8-16-9/h4-5,8H,2-3,6-7H2,1H3,(H,12,13,14). The summed E-state index contributed by atoms with van der Waals surface area (Å²) in [5.74, 6) is 1.73. The summed E-state index contributed by atoms with van der Waals surface area (Å²) >= 11 is 1.65. The van der Waals surface area contributed by atoms with Gasteiger partial charge in [-0.15, -0.1) is 11.3 Å². The van der Waals surface area contributed by atoms with E-state index in [-0.39, 0.29) is 0 Å². The van der Waals surface area contributed by atoms with E-state index in [4.69, 9.17) is 4.74 Å². The Labute approximate surface area is 98.7 Å². The van der Waals surface area contributed by atoms with Gasteiger partial charge < -0.3 is 4.74 Å². The molecule has 2 rings (SSSR count). The van der Waals surface area contributed by atoms with Gasteiger partial charge in [0.25, 0.3) is 0 Å². The van der Waals surface area contributed by atoms with Gasteiger partial charge in [0, 0.05) is 19.6 Å². The fourth-order valence-electron chi connectivity index (χ4n) is 1.41. The van der Waals surface area contributed by atoms with Gasteiger partial charge in [-0.25, -0.2) is 4.98 Å². The van der Waals surface area contributed by atoms with Crippen LogP contribution in [0.25, 0.3) is 10.7 Å². The maximum absolute atomic E-state index is 5.27. The van der Waals surface area contributed by atoms with Crippen molar-refractivity contribution in [3.63, 3.8) is 0 Å². The molecular weight excluding hydrogens is 222 g/mol. The molecule has 2 heterocycles. The minimum atomic E-state index is 0.775. The number of hydrogen-bond donors (Lipinski definition) is 1. The van der Waals surface area contributed by atoms with E-state index in [1.807, 2.05) is 24.4 Å². The number of hydrogen-bond acceptors (Lipinski definition) is 4. The van der Waals surface area contributed by atoms with Gasteiger partial charge in [0.1, 0.15) is 5.82 Å². The highest BCUT2D eigenvalue weighted by molar-refractivity contribution is 7.13.